The van der Waals surface area contributed by atoms with Gasteiger partial charge < -0.3 is 16.2 Å². The Kier molecular flexibility index (Phi) is 4.67. The minimum absolute atomic E-state index is 0.0648. The van der Waals surface area contributed by atoms with E-state index < -0.39 is 5.97 Å². The minimum atomic E-state index is -0.987. The van der Waals surface area contributed by atoms with Crippen LogP contribution in [0.15, 0.2) is 6.20 Å². The van der Waals surface area contributed by atoms with E-state index in [1.165, 1.54) is 10.9 Å². The van der Waals surface area contributed by atoms with Crippen molar-refractivity contribution in [3.63, 3.8) is 0 Å². The summed E-state index contributed by atoms with van der Waals surface area (Å²) in [5.41, 5.74) is 6.48. The first-order valence-electron chi connectivity index (χ1n) is 6.70. The molecule has 0 spiro atoms. The van der Waals surface area contributed by atoms with Gasteiger partial charge in [-0.3, -0.25) is 9.59 Å². The van der Waals surface area contributed by atoms with Gasteiger partial charge in [0.25, 0.3) is 0 Å². The molecule has 0 aromatic carbocycles. The van der Waals surface area contributed by atoms with Crippen molar-refractivity contribution < 1.29 is 14.7 Å². The van der Waals surface area contributed by atoms with E-state index in [0.717, 1.165) is 25.7 Å². The molecule has 1 amide bonds. The number of amides is 1. The molecule has 8 heteroatoms. The number of nitrogens with two attached hydrogens (primary N) is 1. The highest BCUT2D eigenvalue weighted by Crippen LogP contribution is 2.22. The smallest absolute Gasteiger partial charge is 0.325 e. The van der Waals surface area contributed by atoms with Gasteiger partial charge in [-0.25, -0.2) is 4.68 Å². The second kappa shape index (κ2) is 6.47. The van der Waals surface area contributed by atoms with E-state index in [9.17, 15) is 9.59 Å². The molecule has 2 atom stereocenters. The van der Waals surface area contributed by atoms with Gasteiger partial charge in [0.05, 0.1) is 18.7 Å². The van der Waals surface area contributed by atoms with Crippen LogP contribution in [0.3, 0.4) is 0 Å². The zero-order valence-electron chi connectivity index (χ0n) is 11.2. The van der Waals surface area contributed by atoms with Crippen molar-refractivity contribution in [1.29, 1.82) is 0 Å². The molecule has 1 saturated carbocycles. The predicted molar refractivity (Wildman–Crippen MR) is 69.4 cm³/mol. The molecule has 1 aliphatic carbocycles. The van der Waals surface area contributed by atoms with Crippen LogP contribution in [-0.2, 0) is 22.7 Å². The number of carboxylic acid groups (broad SMARTS) is 1. The molecule has 110 valence electrons. The lowest BCUT2D eigenvalue weighted by Gasteiger charge is -2.27. The van der Waals surface area contributed by atoms with E-state index in [4.69, 9.17) is 10.8 Å². The van der Waals surface area contributed by atoms with Gasteiger partial charge in [-0.1, -0.05) is 18.1 Å². The molecule has 1 heterocycles. The molecule has 1 aromatic rings. The first-order valence-corrected chi connectivity index (χ1v) is 6.70. The highest BCUT2D eigenvalue weighted by Gasteiger charge is 2.27. The Balaban J connectivity index is 1.83. The summed E-state index contributed by atoms with van der Waals surface area (Å²) in [5, 5.41) is 18.9. The summed E-state index contributed by atoms with van der Waals surface area (Å²) in [6.07, 6.45) is 5.32. The van der Waals surface area contributed by atoms with Crippen molar-refractivity contribution in [2.24, 2.45) is 11.7 Å². The third-order valence-corrected chi connectivity index (χ3v) is 3.48. The standard InChI is InChI=1S/C12H19N5O3/c13-10-4-2-1-3-9(10)12(20)14-5-8-6-17(16-15-8)7-11(18)19/h6,9-10H,1-5,7,13H2,(H,14,20)(H,18,19). The van der Waals surface area contributed by atoms with Crippen LogP contribution in [0.4, 0.5) is 0 Å². The molecule has 1 aromatic heterocycles. The highest BCUT2D eigenvalue weighted by atomic mass is 16.4. The van der Waals surface area contributed by atoms with Crippen molar-refractivity contribution in [2.75, 3.05) is 0 Å². The average Bonchev–Trinajstić information content (AvgIpc) is 2.83. The Hall–Kier alpha value is -1.96. The van der Waals surface area contributed by atoms with E-state index in [1.807, 2.05) is 0 Å². The van der Waals surface area contributed by atoms with Gasteiger partial charge in [0.15, 0.2) is 0 Å². The van der Waals surface area contributed by atoms with Crippen molar-refractivity contribution in [1.82, 2.24) is 20.3 Å². The van der Waals surface area contributed by atoms with Gasteiger partial charge in [0.2, 0.25) is 5.91 Å². The molecule has 0 radical (unpaired) electrons. The number of nitrogens with one attached hydrogen (secondary N) is 1. The molecule has 20 heavy (non-hydrogen) atoms. The van der Waals surface area contributed by atoms with E-state index in [1.54, 1.807) is 0 Å². The number of rotatable bonds is 5. The fraction of sp³-hybridized carbons (Fsp3) is 0.667. The molecule has 8 nitrogen and oxygen atoms in total. The summed E-state index contributed by atoms with van der Waals surface area (Å²) in [4.78, 5) is 22.5. The summed E-state index contributed by atoms with van der Waals surface area (Å²) < 4.78 is 1.22. The second-order valence-electron chi connectivity index (χ2n) is 5.07. The maximum atomic E-state index is 12.0. The van der Waals surface area contributed by atoms with Crippen LogP contribution >= 0.6 is 0 Å². The molecule has 2 unspecified atom stereocenters. The molecule has 2 rings (SSSR count). The summed E-state index contributed by atoms with van der Waals surface area (Å²) >= 11 is 0. The van der Waals surface area contributed by atoms with Crippen molar-refractivity contribution >= 4 is 11.9 Å². The maximum Gasteiger partial charge on any atom is 0.325 e. The Labute approximate surface area is 116 Å². The topological polar surface area (TPSA) is 123 Å². The van der Waals surface area contributed by atoms with Gasteiger partial charge in [-0.05, 0) is 12.8 Å². The Morgan fingerprint density at radius 3 is 2.90 bits per heavy atom. The number of carboxylic acids is 1. The molecule has 1 aliphatic rings. The highest BCUT2D eigenvalue weighted by molar-refractivity contribution is 5.79. The van der Waals surface area contributed by atoms with E-state index in [-0.39, 0.29) is 31.0 Å². The molecule has 0 saturated heterocycles. The second-order valence-corrected chi connectivity index (χ2v) is 5.07. The SMILES string of the molecule is NC1CCCCC1C(=O)NCc1cn(CC(=O)O)nn1. The number of carbonyl (C=O) groups excluding carboxylic acids is 1. The lowest BCUT2D eigenvalue weighted by atomic mass is 9.84. The third-order valence-electron chi connectivity index (χ3n) is 3.48. The zero-order chi connectivity index (χ0) is 14.5. The summed E-state index contributed by atoms with van der Waals surface area (Å²) in [5.74, 6) is -1.19. The third kappa shape index (κ3) is 3.77. The number of hydrogen-bond acceptors (Lipinski definition) is 5. The van der Waals surface area contributed by atoms with Gasteiger partial charge in [-0.2, -0.15) is 0 Å². The Morgan fingerprint density at radius 1 is 1.45 bits per heavy atom. The first kappa shape index (κ1) is 14.4. The normalized spacial score (nSPS) is 22.4. The summed E-state index contributed by atoms with van der Waals surface area (Å²) in [6, 6.07) is -0.0774. The summed E-state index contributed by atoms with van der Waals surface area (Å²) in [6.45, 7) is -0.00385. The van der Waals surface area contributed by atoms with Crippen LogP contribution in [0.1, 0.15) is 31.4 Å². The molecule has 4 N–H and O–H groups in total. The Morgan fingerprint density at radius 2 is 2.20 bits per heavy atom. The van der Waals surface area contributed by atoms with Gasteiger partial charge in [0.1, 0.15) is 12.2 Å². The number of aliphatic carboxylic acids is 1. The van der Waals surface area contributed by atoms with Crippen molar-refractivity contribution in [3.05, 3.63) is 11.9 Å². The molecule has 0 bridgehead atoms. The molecule has 1 fully saturated rings. The summed E-state index contributed by atoms with van der Waals surface area (Å²) in [7, 11) is 0. The fourth-order valence-corrected chi connectivity index (χ4v) is 2.43. The number of aromatic nitrogens is 3. The monoisotopic (exact) mass is 281 g/mol. The lowest BCUT2D eigenvalue weighted by Crippen LogP contribution is -2.43. The molecular formula is C12H19N5O3. The van der Waals surface area contributed by atoms with E-state index >= 15 is 0 Å². The molecule has 0 aliphatic heterocycles. The fourth-order valence-electron chi connectivity index (χ4n) is 2.43. The van der Waals surface area contributed by atoms with Crippen LogP contribution < -0.4 is 11.1 Å². The van der Waals surface area contributed by atoms with Crippen LogP contribution in [0.25, 0.3) is 0 Å². The molecular weight excluding hydrogens is 262 g/mol. The van der Waals surface area contributed by atoms with Crippen LogP contribution in [0.5, 0.6) is 0 Å². The Bertz CT molecular complexity index is 487. The largest absolute Gasteiger partial charge is 0.480 e. The minimum Gasteiger partial charge on any atom is -0.480 e. The van der Waals surface area contributed by atoms with Crippen LogP contribution in [0.2, 0.25) is 0 Å². The lowest BCUT2D eigenvalue weighted by molar-refractivity contribution is -0.138. The number of carbonyl (C=O) groups is 2. The van der Waals surface area contributed by atoms with Gasteiger partial charge in [0, 0.05) is 6.04 Å². The average molecular weight is 281 g/mol. The maximum absolute atomic E-state index is 12.0. The van der Waals surface area contributed by atoms with Gasteiger partial charge in [-0.15, -0.1) is 5.10 Å². The van der Waals surface area contributed by atoms with Gasteiger partial charge >= 0.3 is 5.97 Å². The van der Waals surface area contributed by atoms with Crippen molar-refractivity contribution in [3.8, 4) is 0 Å². The van der Waals surface area contributed by atoms with E-state index in [0.29, 0.717) is 5.69 Å². The first-order chi connectivity index (χ1) is 9.56. The number of nitrogens with zero attached hydrogens (tertiary/aromatic N) is 3. The van der Waals surface area contributed by atoms with Crippen LogP contribution in [-0.4, -0.2) is 38.0 Å². The van der Waals surface area contributed by atoms with Crippen molar-refractivity contribution in [2.45, 2.75) is 44.8 Å². The van der Waals surface area contributed by atoms with Crippen LogP contribution in [0, 0.1) is 5.92 Å². The quantitative estimate of drug-likeness (QED) is 0.668. The number of hydrogen-bond donors (Lipinski definition) is 3. The predicted octanol–water partition coefficient (Wildman–Crippen LogP) is -0.504. The van der Waals surface area contributed by atoms with E-state index in [2.05, 4.69) is 15.6 Å². The zero-order valence-corrected chi connectivity index (χ0v) is 11.2.